The highest BCUT2D eigenvalue weighted by molar-refractivity contribution is 8.00. The number of nitrogens with one attached hydrogen (secondary N) is 1. The second kappa shape index (κ2) is 16.7. The van der Waals surface area contributed by atoms with Crippen molar-refractivity contribution in [3.05, 3.63) is 76.8 Å². The van der Waals surface area contributed by atoms with Gasteiger partial charge in [-0.3, -0.25) is 4.79 Å². The molecule has 0 aromatic heterocycles. The summed E-state index contributed by atoms with van der Waals surface area (Å²) in [4.78, 5) is 25.8. The number of benzene rings is 3. The van der Waals surface area contributed by atoms with Crippen molar-refractivity contribution in [1.29, 1.82) is 0 Å². The van der Waals surface area contributed by atoms with E-state index in [1.807, 2.05) is 42.5 Å². The van der Waals surface area contributed by atoms with Gasteiger partial charge in [-0.15, -0.1) is 11.8 Å². The third kappa shape index (κ3) is 9.38. The molecule has 0 radical (unpaired) electrons. The maximum absolute atomic E-state index is 12.9. The number of carbonyl (C=O) groups is 2. The molecule has 7 nitrogen and oxygen atoms in total. The van der Waals surface area contributed by atoms with Gasteiger partial charge >= 0.3 is 5.97 Å². The van der Waals surface area contributed by atoms with Crippen LogP contribution in [-0.4, -0.2) is 38.0 Å². The Morgan fingerprint density at radius 1 is 0.875 bits per heavy atom. The predicted octanol–water partition coefficient (Wildman–Crippen LogP) is 7.79. The minimum atomic E-state index is -0.565. The molecule has 0 heterocycles. The summed E-state index contributed by atoms with van der Waals surface area (Å²) in [7, 11) is 1.28. The quantitative estimate of drug-likeness (QED) is 0.104. The molecule has 0 atom stereocenters. The molecule has 3 rings (SSSR count). The lowest BCUT2D eigenvalue weighted by Crippen LogP contribution is -2.17. The molecule has 0 aliphatic heterocycles. The van der Waals surface area contributed by atoms with Crippen molar-refractivity contribution < 1.29 is 28.5 Å². The van der Waals surface area contributed by atoms with E-state index >= 15 is 0 Å². The van der Waals surface area contributed by atoms with Gasteiger partial charge in [0.15, 0.2) is 11.5 Å². The Morgan fingerprint density at radius 2 is 1.60 bits per heavy atom. The van der Waals surface area contributed by atoms with E-state index in [0.717, 1.165) is 36.1 Å². The van der Waals surface area contributed by atoms with Gasteiger partial charge in [0.25, 0.3) is 0 Å². The highest BCUT2D eigenvalue weighted by atomic mass is 35.5. The number of halogens is 1. The number of anilines is 1. The first-order chi connectivity index (χ1) is 19.5. The number of amides is 1. The summed E-state index contributed by atoms with van der Waals surface area (Å²) in [5.74, 6) is 0.854. The lowest BCUT2D eigenvalue weighted by Gasteiger charge is -2.20. The van der Waals surface area contributed by atoms with Crippen molar-refractivity contribution in [2.24, 2.45) is 0 Å². The molecule has 214 valence electrons. The number of carbonyl (C=O) groups excluding carboxylic acids is 2. The SMILES string of the molecule is CCCCOc1ccc(SCC(=O)Nc2cc(Cl)ccc2C(=O)OC)c(OCCCC)c1OCc1ccccc1. The second-order valence-electron chi connectivity index (χ2n) is 8.92. The Kier molecular flexibility index (Phi) is 13.0. The third-order valence-corrected chi connectivity index (χ3v) is 7.06. The molecule has 0 spiro atoms. The van der Waals surface area contributed by atoms with Gasteiger partial charge in [-0.05, 0) is 48.7 Å². The Bertz CT molecular complexity index is 1250. The van der Waals surface area contributed by atoms with Crippen LogP contribution >= 0.6 is 23.4 Å². The molecule has 1 amide bonds. The number of ether oxygens (including phenoxy) is 4. The van der Waals surface area contributed by atoms with E-state index in [4.69, 9.17) is 30.5 Å². The fourth-order valence-corrected chi connectivity index (χ4v) is 4.62. The van der Waals surface area contributed by atoms with Crippen LogP contribution in [-0.2, 0) is 16.1 Å². The summed E-state index contributed by atoms with van der Waals surface area (Å²) in [6, 6.07) is 18.2. The Hall–Kier alpha value is -3.36. The van der Waals surface area contributed by atoms with Crippen molar-refractivity contribution in [3.8, 4) is 17.2 Å². The molecular weight excluding hydrogens is 550 g/mol. The van der Waals surface area contributed by atoms with Crippen LogP contribution < -0.4 is 19.5 Å². The molecule has 0 unspecified atom stereocenters. The van der Waals surface area contributed by atoms with Crippen LogP contribution in [0.4, 0.5) is 5.69 Å². The topological polar surface area (TPSA) is 83.1 Å². The number of methoxy groups -OCH3 is 1. The predicted molar refractivity (Wildman–Crippen MR) is 160 cm³/mol. The van der Waals surface area contributed by atoms with E-state index in [2.05, 4.69) is 19.2 Å². The van der Waals surface area contributed by atoms with E-state index in [1.165, 1.54) is 31.0 Å². The molecule has 3 aromatic rings. The largest absolute Gasteiger partial charge is 0.490 e. The fraction of sp³-hybridized carbons (Fsp3) is 0.355. The van der Waals surface area contributed by atoms with Crippen LogP contribution in [0.1, 0.15) is 55.5 Å². The number of esters is 1. The van der Waals surface area contributed by atoms with E-state index in [0.29, 0.717) is 42.1 Å². The molecule has 3 aromatic carbocycles. The lowest BCUT2D eigenvalue weighted by molar-refractivity contribution is -0.113. The zero-order chi connectivity index (χ0) is 28.7. The first-order valence-corrected chi connectivity index (χ1v) is 14.7. The summed E-state index contributed by atoms with van der Waals surface area (Å²) < 4.78 is 23.4. The minimum Gasteiger partial charge on any atom is -0.490 e. The molecular formula is C31H36ClNO6S. The highest BCUT2D eigenvalue weighted by Crippen LogP contribution is 2.45. The van der Waals surface area contributed by atoms with Gasteiger partial charge in [-0.2, -0.15) is 0 Å². The van der Waals surface area contributed by atoms with Gasteiger partial charge in [-0.1, -0.05) is 68.6 Å². The normalized spacial score (nSPS) is 10.6. The number of hydrogen-bond acceptors (Lipinski definition) is 7. The second-order valence-corrected chi connectivity index (χ2v) is 10.4. The van der Waals surface area contributed by atoms with Crippen molar-refractivity contribution >= 4 is 40.9 Å². The summed E-state index contributed by atoms with van der Waals surface area (Å²) >= 11 is 7.41. The molecule has 0 aliphatic rings. The maximum Gasteiger partial charge on any atom is 0.339 e. The van der Waals surface area contributed by atoms with E-state index < -0.39 is 5.97 Å². The zero-order valence-corrected chi connectivity index (χ0v) is 24.7. The molecule has 0 saturated heterocycles. The summed E-state index contributed by atoms with van der Waals surface area (Å²) in [5, 5.41) is 3.16. The van der Waals surface area contributed by atoms with E-state index in [1.54, 1.807) is 6.07 Å². The molecule has 40 heavy (non-hydrogen) atoms. The summed E-state index contributed by atoms with van der Waals surface area (Å²) in [6.07, 6.45) is 3.76. The van der Waals surface area contributed by atoms with E-state index in [9.17, 15) is 9.59 Å². The fourth-order valence-electron chi connectivity index (χ4n) is 3.64. The standard InChI is InChI=1S/C31H36ClNO6S/c1-4-6-17-37-26-15-16-27(30(38-18-7-5-2)29(26)39-20-22-11-9-8-10-12-22)40-21-28(34)33-25-19-23(32)13-14-24(25)31(35)36-3/h8-16,19H,4-7,17-18,20-21H2,1-3H3,(H,33,34). The maximum atomic E-state index is 12.9. The summed E-state index contributed by atoms with van der Waals surface area (Å²) in [5.41, 5.74) is 1.52. The van der Waals surface area contributed by atoms with Gasteiger partial charge in [0.2, 0.25) is 11.7 Å². The average Bonchev–Trinajstić information content (AvgIpc) is 2.96. The zero-order valence-electron chi connectivity index (χ0n) is 23.2. The molecule has 0 saturated carbocycles. The molecule has 0 fully saturated rings. The van der Waals surface area contributed by atoms with Crippen molar-refractivity contribution in [2.75, 3.05) is 31.4 Å². The Balaban J connectivity index is 1.85. The highest BCUT2D eigenvalue weighted by Gasteiger charge is 2.21. The smallest absolute Gasteiger partial charge is 0.339 e. The Morgan fingerprint density at radius 3 is 2.30 bits per heavy atom. The van der Waals surface area contributed by atoms with Gasteiger partial charge < -0.3 is 24.3 Å². The van der Waals surface area contributed by atoms with Crippen LogP contribution in [0.3, 0.4) is 0 Å². The first-order valence-electron chi connectivity index (χ1n) is 13.4. The van der Waals surface area contributed by atoms with Gasteiger partial charge in [0.05, 0.1) is 42.2 Å². The Labute approximate surface area is 245 Å². The molecule has 0 aliphatic carbocycles. The van der Waals surface area contributed by atoms with Crippen LogP contribution in [0.2, 0.25) is 5.02 Å². The monoisotopic (exact) mass is 585 g/mol. The van der Waals surface area contributed by atoms with Crippen LogP contribution in [0.5, 0.6) is 17.2 Å². The van der Waals surface area contributed by atoms with Gasteiger partial charge in [0, 0.05) is 5.02 Å². The van der Waals surface area contributed by atoms with Crippen LogP contribution in [0.15, 0.2) is 65.6 Å². The van der Waals surface area contributed by atoms with E-state index in [-0.39, 0.29) is 22.9 Å². The average molecular weight is 586 g/mol. The van der Waals surface area contributed by atoms with Crippen molar-refractivity contribution in [1.82, 2.24) is 0 Å². The molecule has 9 heteroatoms. The van der Waals surface area contributed by atoms with Gasteiger partial charge in [-0.25, -0.2) is 4.79 Å². The number of thioether (sulfide) groups is 1. The van der Waals surface area contributed by atoms with Crippen molar-refractivity contribution in [3.63, 3.8) is 0 Å². The number of hydrogen-bond donors (Lipinski definition) is 1. The molecule has 1 N–H and O–H groups in total. The third-order valence-electron chi connectivity index (χ3n) is 5.79. The number of unbranched alkanes of at least 4 members (excludes halogenated alkanes) is 2. The lowest BCUT2D eigenvalue weighted by atomic mass is 10.2. The first kappa shape index (κ1) is 31.2. The van der Waals surface area contributed by atoms with Crippen LogP contribution in [0, 0.1) is 0 Å². The van der Waals surface area contributed by atoms with Gasteiger partial charge in [0.1, 0.15) is 6.61 Å². The minimum absolute atomic E-state index is 0.0609. The van der Waals surface area contributed by atoms with Crippen molar-refractivity contribution in [2.45, 2.75) is 51.0 Å². The molecule has 0 bridgehead atoms. The van der Waals surface area contributed by atoms with Crippen LogP contribution in [0.25, 0.3) is 0 Å². The number of rotatable bonds is 16. The summed E-state index contributed by atoms with van der Waals surface area (Å²) in [6.45, 7) is 5.61.